The van der Waals surface area contributed by atoms with Crippen LogP contribution in [-0.4, -0.2) is 43.1 Å². The molecule has 1 rings (SSSR count). The Balaban J connectivity index is 2.87. The van der Waals surface area contributed by atoms with Crippen molar-refractivity contribution in [1.82, 2.24) is 19.8 Å². The number of nitrogens with one attached hydrogen (secondary N) is 2. The van der Waals surface area contributed by atoms with Crippen LogP contribution in [-0.2, 0) is 16.6 Å². The van der Waals surface area contributed by atoms with E-state index in [1.165, 1.54) is 4.31 Å². The number of rotatable bonds is 10. The van der Waals surface area contributed by atoms with Crippen molar-refractivity contribution in [1.29, 1.82) is 0 Å². The fourth-order valence-corrected chi connectivity index (χ4v) is 3.46. The predicted octanol–water partition coefficient (Wildman–Crippen LogP) is 2.03. The lowest BCUT2D eigenvalue weighted by molar-refractivity contribution is 0.450. The van der Waals surface area contributed by atoms with Crippen molar-refractivity contribution < 1.29 is 8.42 Å². The molecule has 1 aromatic rings. The average Bonchev–Trinajstić information content (AvgIpc) is 2.81. The van der Waals surface area contributed by atoms with Crippen LogP contribution in [0.25, 0.3) is 0 Å². The van der Waals surface area contributed by atoms with Gasteiger partial charge in [0.1, 0.15) is 0 Å². The maximum atomic E-state index is 12.6. The molecular formula is C14H28N4O2S. The number of aryl methyl sites for hydroxylation is 1. The first kappa shape index (κ1) is 18.1. The predicted molar refractivity (Wildman–Crippen MR) is 84.7 cm³/mol. The molecule has 0 atom stereocenters. The molecule has 0 fully saturated rings. The van der Waals surface area contributed by atoms with E-state index in [4.69, 9.17) is 0 Å². The summed E-state index contributed by atoms with van der Waals surface area (Å²) in [4.78, 5) is 0. The highest BCUT2D eigenvalue weighted by atomic mass is 32.2. The summed E-state index contributed by atoms with van der Waals surface area (Å²) >= 11 is 0. The second-order valence-electron chi connectivity index (χ2n) is 5.34. The molecule has 0 saturated carbocycles. The highest BCUT2D eigenvalue weighted by Crippen LogP contribution is 2.20. The van der Waals surface area contributed by atoms with Crippen LogP contribution in [0.15, 0.2) is 5.03 Å². The average molecular weight is 316 g/mol. The number of aromatic amines is 1. The van der Waals surface area contributed by atoms with Crippen LogP contribution in [0.3, 0.4) is 0 Å². The van der Waals surface area contributed by atoms with E-state index < -0.39 is 10.0 Å². The molecule has 0 aliphatic rings. The monoisotopic (exact) mass is 316 g/mol. The quantitative estimate of drug-likeness (QED) is 0.647. The van der Waals surface area contributed by atoms with E-state index in [2.05, 4.69) is 29.4 Å². The summed E-state index contributed by atoms with van der Waals surface area (Å²) in [6.45, 7) is 7.94. The van der Waals surface area contributed by atoms with E-state index in [1.807, 2.05) is 6.92 Å². The first-order valence-electron chi connectivity index (χ1n) is 7.66. The van der Waals surface area contributed by atoms with Gasteiger partial charge in [0.15, 0.2) is 5.03 Å². The Bertz CT molecular complexity index is 525. The summed E-state index contributed by atoms with van der Waals surface area (Å²) in [6.07, 6.45) is 3.99. The third-order valence-electron chi connectivity index (χ3n) is 3.50. The van der Waals surface area contributed by atoms with E-state index in [9.17, 15) is 8.42 Å². The van der Waals surface area contributed by atoms with Gasteiger partial charge in [-0.1, -0.05) is 26.7 Å². The van der Waals surface area contributed by atoms with Crippen molar-refractivity contribution in [2.45, 2.75) is 58.0 Å². The van der Waals surface area contributed by atoms with Gasteiger partial charge in [-0.25, -0.2) is 8.42 Å². The van der Waals surface area contributed by atoms with Gasteiger partial charge < -0.3 is 5.32 Å². The molecule has 7 heteroatoms. The molecular weight excluding hydrogens is 288 g/mol. The molecule has 21 heavy (non-hydrogen) atoms. The fraction of sp³-hybridized carbons (Fsp3) is 0.786. The Morgan fingerprint density at radius 3 is 2.57 bits per heavy atom. The highest BCUT2D eigenvalue weighted by molar-refractivity contribution is 7.89. The van der Waals surface area contributed by atoms with Gasteiger partial charge in [-0.2, -0.15) is 9.40 Å². The molecule has 0 bridgehead atoms. The Hall–Kier alpha value is -0.920. The first-order chi connectivity index (χ1) is 9.95. The van der Waals surface area contributed by atoms with Crippen LogP contribution in [0.2, 0.25) is 0 Å². The van der Waals surface area contributed by atoms with Gasteiger partial charge in [0.25, 0.3) is 10.0 Å². The van der Waals surface area contributed by atoms with Crippen LogP contribution >= 0.6 is 0 Å². The largest absolute Gasteiger partial charge is 0.313 e. The van der Waals surface area contributed by atoms with E-state index in [0.29, 0.717) is 13.1 Å². The zero-order valence-corrected chi connectivity index (χ0v) is 14.4. The number of hydrogen-bond donors (Lipinski definition) is 2. The molecule has 122 valence electrons. The molecule has 2 N–H and O–H groups in total. The normalized spacial score (nSPS) is 12.2. The van der Waals surface area contributed by atoms with Gasteiger partial charge in [-0.15, -0.1) is 0 Å². The van der Waals surface area contributed by atoms with Crippen molar-refractivity contribution in [3.05, 3.63) is 11.3 Å². The van der Waals surface area contributed by atoms with Gasteiger partial charge in [-0.3, -0.25) is 5.10 Å². The molecule has 1 aromatic heterocycles. The summed E-state index contributed by atoms with van der Waals surface area (Å²) in [5, 5.41) is 10.2. The molecule has 1 heterocycles. The maximum absolute atomic E-state index is 12.6. The number of hydrogen-bond acceptors (Lipinski definition) is 4. The van der Waals surface area contributed by atoms with Gasteiger partial charge in [0.2, 0.25) is 0 Å². The van der Waals surface area contributed by atoms with Gasteiger partial charge in [0, 0.05) is 31.4 Å². The smallest absolute Gasteiger partial charge is 0.262 e. The van der Waals surface area contributed by atoms with E-state index in [0.717, 1.165) is 43.5 Å². The summed E-state index contributed by atoms with van der Waals surface area (Å²) < 4.78 is 26.6. The van der Waals surface area contributed by atoms with E-state index >= 15 is 0 Å². The van der Waals surface area contributed by atoms with Crippen molar-refractivity contribution in [2.75, 3.05) is 20.1 Å². The zero-order valence-electron chi connectivity index (χ0n) is 13.6. The van der Waals surface area contributed by atoms with Gasteiger partial charge in [-0.05, 0) is 26.3 Å². The molecule has 0 amide bonds. The second-order valence-corrected chi connectivity index (χ2v) is 7.30. The second kappa shape index (κ2) is 8.51. The van der Waals surface area contributed by atoms with E-state index in [-0.39, 0.29) is 5.03 Å². The minimum absolute atomic E-state index is 0.155. The van der Waals surface area contributed by atoms with Crippen LogP contribution in [0, 0.1) is 6.92 Å². The Kier molecular flexibility index (Phi) is 7.34. The van der Waals surface area contributed by atoms with Crippen molar-refractivity contribution in [3.8, 4) is 0 Å². The van der Waals surface area contributed by atoms with Crippen LogP contribution in [0.5, 0.6) is 0 Å². The Morgan fingerprint density at radius 2 is 1.95 bits per heavy atom. The SMILES string of the molecule is CCCCCN(C)S(=O)(=O)c1n[nH]c(C)c1CNCCC. The molecule has 0 spiro atoms. The maximum Gasteiger partial charge on any atom is 0.262 e. The summed E-state index contributed by atoms with van der Waals surface area (Å²) in [5.41, 5.74) is 1.55. The third-order valence-corrected chi connectivity index (χ3v) is 5.33. The lowest BCUT2D eigenvalue weighted by atomic mass is 10.2. The van der Waals surface area contributed by atoms with Crippen LogP contribution < -0.4 is 5.32 Å². The first-order valence-corrected chi connectivity index (χ1v) is 9.10. The number of aromatic nitrogens is 2. The van der Waals surface area contributed by atoms with Crippen LogP contribution in [0.1, 0.15) is 50.8 Å². The minimum Gasteiger partial charge on any atom is -0.313 e. The standard InChI is InChI=1S/C14H28N4O2S/c1-5-7-8-10-18(4)21(19,20)14-13(11-15-9-6-2)12(3)16-17-14/h15H,5-11H2,1-4H3,(H,16,17). The third kappa shape index (κ3) is 4.79. The van der Waals surface area contributed by atoms with Gasteiger partial charge in [0.05, 0.1) is 0 Å². The summed E-state index contributed by atoms with van der Waals surface area (Å²) in [5.74, 6) is 0. The van der Waals surface area contributed by atoms with Crippen LogP contribution in [0.4, 0.5) is 0 Å². The molecule has 0 unspecified atom stereocenters. The number of nitrogens with zero attached hydrogens (tertiary/aromatic N) is 2. The van der Waals surface area contributed by atoms with E-state index in [1.54, 1.807) is 7.05 Å². The minimum atomic E-state index is -3.52. The lowest BCUT2D eigenvalue weighted by Gasteiger charge is -2.16. The van der Waals surface area contributed by atoms with Crippen molar-refractivity contribution >= 4 is 10.0 Å². The number of H-pyrrole nitrogens is 1. The Labute approximate surface area is 128 Å². The highest BCUT2D eigenvalue weighted by Gasteiger charge is 2.27. The lowest BCUT2D eigenvalue weighted by Crippen LogP contribution is -2.29. The van der Waals surface area contributed by atoms with Crippen molar-refractivity contribution in [3.63, 3.8) is 0 Å². The van der Waals surface area contributed by atoms with Crippen molar-refractivity contribution in [2.24, 2.45) is 0 Å². The Morgan fingerprint density at radius 1 is 1.24 bits per heavy atom. The molecule has 0 radical (unpaired) electrons. The molecule has 0 aromatic carbocycles. The molecule has 0 aliphatic heterocycles. The molecule has 6 nitrogen and oxygen atoms in total. The number of unbranched alkanes of at least 4 members (excludes halogenated alkanes) is 2. The summed E-state index contributed by atoms with van der Waals surface area (Å²) in [6, 6.07) is 0. The summed E-state index contributed by atoms with van der Waals surface area (Å²) in [7, 11) is -1.89. The fourth-order valence-electron chi connectivity index (χ4n) is 2.09. The number of sulfonamides is 1. The zero-order chi connectivity index (χ0) is 15.9. The molecule has 0 aliphatic carbocycles. The van der Waals surface area contributed by atoms with Gasteiger partial charge >= 0.3 is 0 Å². The molecule has 0 saturated heterocycles. The topological polar surface area (TPSA) is 78.1 Å².